The summed E-state index contributed by atoms with van der Waals surface area (Å²) in [5.74, 6) is 1.15. The standard InChI is InChI=1S/C36H31BrN2O6S/c1-5-44-35(41)32-21(2)38-36-39(33(32)27-18-29(42-3)30(43-4)19-28(27)37)34(40)31(46-36)17-22-13-15-25(16-14-22)45-20-24-11-8-10-23-9-6-7-12-26(23)24/h6-19,33H,5,20H2,1-4H3/b31-17-/t33-/m1/s1. The van der Waals surface area contributed by atoms with Gasteiger partial charge in [-0.25, -0.2) is 9.79 Å². The van der Waals surface area contributed by atoms with E-state index in [9.17, 15) is 9.59 Å². The molecule has 1 aromatic heterocycles. The van der Waals surface area contributed by atoms with Crippen LogP contribution in [0.25, 0.3) is 16.8 Å². The number of hydrogen-bond donors (Lipinski definition) is 0. The lowest BCUT2D eigenvalue weighted by atomic mass is 9.95. The van der Waals surface area contributed by atoms with Gasteiger partial charge < -0.3 is 18.9 Å². The summed E-state index contributed by atoms with van der Waals surface area (Å²) >= 11 is 4.89. The number of rotatable bonds is 9. The van der Waals surface area contributed by atoms with Crippen molar-refractivity contribution in [3.8, 4) is 17.2 Å². The van der Waals surface area contributed by atoms with Crippen LogP contribution in [-0.2, 0) is 16.1 Å². The molecular formula is C36H31BrN2O6S. The number of methoxy groups -OCH3 is 2. The van der Waals surface area contributed by atoms with Gasteiger partial charge in [-0.2, -0.15) is 0 Å². The van der Waals surface area contributed by atoms with E-state index in [2.05, 4.69) is 45.2 Å². The van der Waals surface area contributed by atoms with E-state index < -0.39 is 12.0 Å². The van der Waals surface area contributed by atoms with Crippen LogP contribution in [0.3, 0.4) is 0 Å². The first kappa shape index (κ1) is 31.3. The first-order chi connectivity index (χ1) is 22.3. The second kappa shape index (κ2) is 13.4. The van der Waals surface area contributed by atoms with Gasteiger partial charge in [0.05, 0.1) is 42.7 Å². The number of thiazole rings is 1. The Kier molecular flexibility index (Phi) is 9.10. The molecule has 0 bridgehead atoms. The lowest BCUT2D eigenvalue weighted by Gasteiger charge is -2.26. The lowest BCUT2D eigenvalue weighted by molar-refractivity contribution is -0.139. The number of benzene rings is 4. The average Bonchev–Trinajstić information content (AvgIpc) is 3.37. The largest absolute Gasteiger partial charge is 0.493 e. The van der Waals surface area contributed by atoms with Gasteiger partial charge in [0.25, 0.3) is 5.56 Å². The maximum Gasteiger partial charge on any atom is 0.338 e. The highest BCUT2D eigenvalue weighted by Gasteiger charge is 2.35. The first-order valence-electron chi connectivity index (χ1n) is 14.6. The van der Waals surface area contributed by atoms with Gasteiger partial charge in [-0.05, 0) is 71.7 Å². The van der Waals surface area contributed by atoms with Gasteiger partial charge in [0.15, 0.2) is 16.3 Å². The van der Waals surface area contributed by atoms with Gasteiger partial charge >= 0.3 is 5.97 Å². The highest BCUT2D eigenvalue weighted by atomic mass is 79.9. The summed E-state index contributed by atoms with van der Waals surface area (Å²) in [7, 11) is 3.08. The Hall–Kier alpha value is -4.67. The van der Waals surface area contributed by atoms with Crippen molar-refractivity contribution in [2.75, 3.05) is 20.8 Å². The maximum absolute atomic E-state index is 14.1. The van der Waals surface area contributed by atoms with Gasteiger partial charge in [0.2, 0.25) is 0 Å². The van der Waals surface area contributed by atoms with Crippen molar-refractivity contribution in [2.24, 2.45) is 4.99 Å². The number of fused-ring (bicyclic) bond motifs is 2. The third-order valence-electron chi connectivity index (χ3n) is 7.77. The van der Waals surface area contributed by atoms with E-state index in [-0.39, 0.29) is 17.7 Å². The molecule has 1 aliphatic rings. The number of allylic oxidation sites excluding steroid dienone is 1. The maximum atomic E-state index is 14.1. The van der Waals surface area contributed by atoms with Gasteiger partial charge in [0.1, 0.15) is 12.4 Å². The highest BCUT2D eigenvalue weighted by molar-refractivity contribution is 9.10. The molecule has 0 fully saturated rings. The van der Waals surface area contributed by atoms with Crippen LogP contribution in [0.1, 0.15) is 36.6 Å². The van der Waals surface area contributed by atoms with Crippen LogP contribution in [0.4, 0.5) is 0 Å². The molecule has 0 saturated carbocycles. The van der Waals surface area contributed by atoms with Crippen molar-refractivity contribution in [2.45, 2.75) is 26.5 Å². The summed E-state index contributed by atoms with van der Waals surface area (Å²) in [4.78, 5) is 32.5. The van der Waals surface area contributed by atoms with Crippen LogP contribution >= 0.6 is 27.3 Å². The van der Waals surface area contributed by atoms with Crippen LogP contribution in [0, 0.1) is 0 Å². The lowest BCUT2D eigenvalue weighted by Crippen LogP contribution is -2.40. The van der Waals surface area contributed by atoms with Crippen molar-refractivity contribution in [3.05, 3.63) is 131 Å². The van der Waals surface area contributed by atoms with Crippen molar-refractivity contribution in [3.63, 3.8) is 0 Å². The molecule has 46 heavy (non-hydrogen) atoms. The molecule has 1 aliphatic heterocycles. The third-order valence-corrected chi connectivity index (χ3v) is 9.44. The quantitative estimate of drug-likeness (QED) is 0.168. The summed E-state index contributed by atoms with van der Waals surface area (Å²) < 4.78 is 25.2. The molecule has 10 heteroatoms. The topological polar surface area (TPSA) is 88.4 Å². The molecule has 6 rings (SSSR count). The normalized spacial score (nSPS) is 14.5. The zero-order chi connectivity index (χ0) is 32.4. The first-order valence-corrected chi connectivity index (χ1v) is 16.2. The van der Waals surface area contributed by atoms with E-state index in [0.29, 0.717) is 43.2 Å². The molecule has 0 saturated heterocycles. The van der Waals surface area contributed by atoms with Gasteiger partial charge in [-0.3, -0.25) is 9.36 Å². The summed E-state index contributed by atoms with van der Waals surface area (Å²) in [6.07, 6.45) is 1.82. The Labute approximate surface area is 278 Å². The smallest absolute Gasteiger partial charge is 0.338 e. The molecule has 2 heterocycles. The predicted octanol–water partition coefficient (Wildman–Crippen LogP) is 6.31. The number of carbonyl (C=O) groups excluding carboxylic acids is 1. The Morgan fingerprint density at radius 2 is 1.72 bits per heavy atom. The van der Waals surface area contributed by atoms with Gasteiger partial charge in [-0.15, -0.1) is 0 Å². The van der Waals surface area contributed by atoms with E-state index in [4.69, 9.17) is 18.9 Å². The zero-order valence-corrected chi connectivity index (χ0v) is 28.1. The molecule has 0 radical (unpaired) electrons. The number of halogens is 1. The van der Waals surface area contributed by atoms with E-state index in [1.54, 1.807) is 37.7 Å². The number of esters is 1. The summed E-state index contributed by atoms with van der Waals surface area (Å²) in [5.41, 5.74) is 3.05. The van der Waals surface area contributed by atoms with E-state index in [1.807, 2.05) is 48.5 Å². The molecule has 0 aliphatic carbocycles. The van der Waals surface area contributed by atoms with Crippen molar-refractivity contribution < 1.29 is 23.7 Å². The van der Waals surface area contributed by atoms with E-state index >= 15 is 0 Å². The molecule has 5 aromatic rings. The average molecular weight is 700 g/mol. The minimum Gasteiger partial charge on any atom is -0.493 e. The number of ether oxygens (including phenoxy) is 4. The molecule has 4 aromatic carbocycles. The summed E-state index contributed by atoms with van der Waals surface area (Å²) in [6, 6.07) is 24.7. The fraction of sp³-hybridized carbons (Fsp3) is 0.194. The third kappa shape index (κ3) is 5.98. The molecule has 0 N–H and O–H groups in total. The van der Waals surface area contributed by atoms with Crippen molar-refractivity contribution in [1.82, 2.24) is 4.57 Å². The highest BCUT2D eigenvalue weighted by Crippen LogP contribution is 2.40. The Morgan fingerprint density at radius 1 is 1.00 bits per heavy atom. The number of hydrogen-bond acceptors (Lipinski definition) is 8. The fourth-order valence-electron chi connectivity index (χ4n) is 5.56. The number of carbonyl (C=O) groups is 1. The molecular weight excluding hydrogens is 668 g/mol. The Balaban J connectivity index is 1.36. The SMILES string of the molecule is CCOC(=O)C1=C(C)N=c2s/c(=C\c3ccc(OCc4cccc5ccccc45)cc3)c(=O)n2[C@@H]1c1cc(OC)c(OC)cc1Br. The second-order valence-corrected chi connectivity index (χ2v) is 12.4. The molecule has 234 valence electrons. The molecule has 8 nitrogen and oxygen atoms in total. The monoisotopic (exact) mass is 698 g/mol. The molecule has 0 unspecified atom stereocenters. The number of nitrogens with zero attached hydrogens (tertiary/aromatic N) is 2. The Morgan fingerprint density at radius 3 is 2.46 bits per heavy atom. The van der Waals surface area contributed by atoms with Crippen LogP contribution < -0.4 is 29.1 Å². The molecule has 0 amide bonds. The minimum absolute atomic E-state index is 0.182. The van der Waals surface area contributed by atoms with Crippen LogP contribution in [0.15, 0.2) is 104 Å². The van der Waals surface area contributed by atoms with Crippen LogP contribution in [0.2, 0.25) is 0 Å². The van der Waals surface area contributed by atoms with Gasteiger partial charge in [0, 0.05) is 4.47 Å². The van der Waals surface area contributed by atoms with Crippen LogP contribution in [-0.4, -0.2) is 31.4 Å². The summed E-state index contributed by atoms with van der Waals surface area (Å²) in [6.45, 7) is 4.11. The minimum atomic E-state index is -0.809. The zero-order valence-electron chi connectivity index (χ0n) is 25.7. The van der Waals surface area contributed by atoms with Crippen LogP contribution in [0.5, 0.6) is 17.2 Å². The fourth-order valence-corrected chi connectivity index (χ4v) is 7.14. The van der Waals surface area contributed by atoms with E-state index in [0.717, 1.165) is 22.3 Å². The summed E-state index contributed by atoms with van der Waals surface area (Å²) in [5, 5.41) is 2.34. The predicted molar refractivity (Wildman–Crippen MR) is 182 cm³/mol. The van der Waals surface area contributed by atoms with Crippen molar-refractivity contribution >= 4 is 50.1 Å². The Bertz CT molecular complexity index is 2160. The van der Waals surface area contributed by atoms with E-state index in [1.165, 1.54) is 23.8 Å². The number of aromatic nitrogens is 1. The van der Waals surface area contributed by atoms with Gasteiger partial charge in [-0.1, -0.05) is 81.9 Å². The second-order valence-electron chi connectivity index (χ2n) is 10.5. The van der Waals surface area contributed by atoms with Crippen molar-refractivity contribution in [1.29, 1.82) is 0 Å². The molecule has 0 spiro atoms. The molecule has 1 atom stereocenters.